The number of hydrogen-bond donors (Lipinski definition) is 3. The van der Waals surface area contributed by atoms with E-state index in [0.29, 0.717) is 11.3 Å². The Bertz CT molecular complexity index is 348. The van der Waals surface area contributed by atoms with Crippen molar-refractivity contribution in [1.82, 2.24) is 5.32 Å². The number of amides is 1. The van der Waals surface area contributed by atoms with Gasteiger partial charge in [0.05, 0.1) is 0 Å². The highest BCUT2D eigenvalue weighted by atomic mass is 16.3. The first-order valence-corrected chi connectivity index (χ1v) is 4.35. The quantitative estimate of drug-likeness (QED) is 0.372. The topological polar surface area (TPSA) is 75.4 Å². The van der Waals surface area contributed by atoms with Gasteiger partial charge in [-0.05, 0) is 25.5 Å². The zero-order valence-corrected chi connectivity index (χ0v) is 9.00. The molecule has 0 aliphatic heterocycles. The third-order valence-electron chi connectivity index (χ3n) is 1.63. The summed E-state index contributed by atoms with van der Waals surface area (Å²) in [5.74, 6) is -0.779. The first-order valence-electron chi connectivity index (χ1n) is 4.35. The van der Waals surface area contributed by atoms with Gasteiger partial charge in [0, 0.05) is 5.70 Å². The molecule has 0 heterocycles. The summed E-state index contributed by atoms with van der Waals surface area (Å²) in [4.78, 5) is 11.4. The smallest absolute Gasteiger partial charge is 0.275 e. The summed E-state index contributed by atoms with van der Waals surface area (Å²) in [6, 6.07) is 0. The molecular weight excluding hydrogens is 192 g/mol. The van der Waals surface area contributed by atoms with Crippen LogP contribution in [0.4, 0.5) is 0 Å². The van der Waals surface area contributed by atoms with E-state index in [-0.39, 0.29) is 11.5 Å². The summed E-state index contributed by atoms with van der Waals surface area (Å²) in [6.45, 7) is 10.3. The van der Waals surface area contributed by atoms with Gasteiger partial charge in [-0.2, -0.15) is 0 Å². The maximum atomic E-state index is 11.4. The molecule has 0 fully saturated rings. The van der Waals surface area contributed by atoms with Gasteiger partial charge in [0.1, 0.15) is 11.5 Å². The molecule has 0 bridgehead atoms. The lowest BCUT2D eigenvalue weighted by Gasteiger charge is -2.09. The second-order valence-corrected chi connectivity index (χ2v) is 3.05. The minimum Gasteiger partial charge on any atom is -0.510 e. The number of carbonyl (C=O) groups excluding carboxylic acids is 1. The van der Waals surface area contributed by atoms with Crippen molar-refractivity contribution in [1.29, 1.82) is 0 Å². The van der Waals surface area contributed by atoms with E-state index in [1.807, 2.05) is 0 Å². The van der Waals surface area contributed by atoms with Gasteiger partial charge in [0.15, 0.2) is 0 Å². The zero-order chi connectivity index (χ0) is 12.0. The van der Waals surface area contributed by atoms with E-state index in [1.54, 1.807) is 13.0 Å². The number of allylic oxidation sites excluding steroid dienone is 4. The number of aliphatic hydroxyl groups excluding tert-OH is 1. The third kappa shape index (κ3) is 4.17. The predicted molar refractivity (Wildman–Crippen MR) is 60.8 cm³/mol. The molecule has 0 aliphatic carbocycles. The standard InChI is InChI=1S/C11H16N2O2/c1-5-6-9(7(2)3)13-11(15)10(12)8(4)14/h5-6,14H,1-2,12H2,3-4H3,(H,13,15)/b9-6+,10-8+. The molecule has 0 spiro atoms. The lowest BCUT2D eigenvalue weighted by Crippen LogP contribution is -2.29. The molecule has 0 saturated carbocycles. The molecule has 15 heavy (non-hydrogen) atoms. The van der Waals surface area contributed by atoms with Crippen molar-refractivity contribution in [3.05, 3.63) is 48.0 Å². The van der Waals surface area contributed by atoms with Gasteiger partial charge in [-0.3, -0.25) is 4.79 Å². The van der Waals surface area contributed by atoms with E-state index in [0.717, 1.165) is 0 Å². The Balaban J connectivity index is 4.80. The Hall–Kier alpha value is -1.97. The predicted octanol–water partition coefficient (Wildman–Crippen LogP) is 1.50. The Kier molecular flexibility index (Phi) is 4.95. The van der Waals surface area contributed by atoms with Gasteiger partial charge in [-0.25, -0.2) is 0 Å². The fourth-order valence-electron chi connectivity index (χ4n) is 0.762. The van der Waals surface area contributed by atoms with E-state index in [9.17, 15) is 4.79 Å². The molecule has 0 aromatic rings. The molecule has 4 N–H and O–H groups in total. The lowest BCUT2D eigenvalue weighted by atomic mass is 10.2. The second-order valence-electron chi connectivity index (χ2n) is 3.05. The number of rotatable bonds is 4. The number of carbonyl (C=O) groups is 1. The van der Waals surface area contributed by atoms with Crippen LogP contribution in [0.15, 0.2) is 48.0 Å². The highest BCUT2D eigenvalue weighted by molar-refractivity contribution is 5.94. The molecular formula is C11H16N2O2. The van der Waals surface area contributed by atoms with Crippen LogP contribution >= 0.6 is 0 Å². The number of nitrogens with two attached hydrogens (primary N) is 1. The summed E-state index contributed by atoms with van der Waals surface area (Å²) in [7, 11) is 0. The van der Waals surface area contributed by atoms with Crippen LogP contribution in [0.25, 0.3) is 0 Å². The largest absolute Gasteiger partial charge is 0.510 e. The third-order valence-corrected chi connectivity index (χ3v) is 1.63. The molecule has 0 rings (SSSR count). The van der Waals surface area contributed by atoms with Crippen LogP contribution in [-0.2, 0) is 4.79 Å². The molecule has 4 heteroatoms. The highest BCUT2D eigenvalue weighted by Crippen LogP contribution is 2.04. The van der Waals surface area contributed by atoms with Crippen LogP contribution < -0.4 is 11.1 Å². The maximum absolute atomic E-state index is 11.4. The molecule has 0 saturated heterocycles. The van der Waals surface area contributed by atoms with Gasteiger partial charge in [0.25, 0.3) is 5.91 Å². The average molecular weight is 208 g/mol. The molecule has 1 amide bonds. The Labute approximate surface area is 89.5 Å². The van der Waals surface area contributed by atoms with Crippen LogP contribution in [0.2, 0.25) is 0 Å². The van der Waals surface area contributed by atoms with Crippen molar-refractivity contribution in [2.75, 3.05) is 0 Å². The van der Waals surface area contributed by atoms with E-state index >= 15 is 0 Å². The van der Waals surface area contributed by atoms with Crippen LogP contribution in [0.1, 0.15) is 13.8 Å². The van der Waals surface area contributed by atoms with Gasteiger partial charge in [0.2, 0.25) is 0 Å². The van der Waals surface area contributed by atoms with E-state index < -0.39 is 5.91 Å². The molecule has 82 valence electrons. The molecule has 0 radical (unpaired) electrons. The molecule has 4 nitrogen and oxygen atoms in total. The summed E-state index contributed by atoms with van der Waals surface area (Å²) >= 11 is 0. The molecule has 0 unspecified atom stereocenters. The van der Waals surface area contributed by atoms with E-state index in [1.165, 1.54) is 13.0 Å². The van der Waals surface area contributed by atoms with Crippen molar-refractivity contribution in [3.63, 3.8) is 0 Å². The number of nitrogens with one attached hydrogen (secondary N) is 1. The van der Waals surface area contributed by atoms with Crippen molar-refractivity contribution >= 4 is 5.91 Å². The molecule has 0 aliphatic rings. The zero-order valence-electron chi connectivity index (χ0n) is 9.00. The van der Waals surface area contributed by atoms with E-state index in [2.05, 4.69) is 18.5 Å². The van der Waals surface area contributed by atoms with Crippen molar-refractivity contribution in [2.24, 2.45) is 5.73 Å². The normalized spacial score (nSPS) is 12.8. The summed E-state index contributed by atoms with van der Waals surface area (Å²) in [6.07, 6.45) is 3.12. The van der Waals surface area contributed by atoms with Crippen LogP contribution in [0, 0.1) is 0 Å². The van der Waals surface area contributed by atoms with Crippen molar-refractivity contribution < 1.29 is 9.90 Å². The van der Waals surface area contributed by atoms with Gasteiger partial charge in [-0.1, -0.05) is 19.2 Å². The Morgan fingerprint density at radius 3 is 2.33 bits per heavy atom. The minimum absolute atomic E-state index is 0.216. The fourth-order valence-corrected chi connectivity index (χ4v) is 0.762. The van der Waals surface area contributed by atoms with Gasteiger partial charge in [-0.15, -0.1) is 0 Å². The number of aliphatic hydroxyl groups is 1. The van der Waals surface area contributed by atoms with Crippen molar-refractivity contribution in [3.8, 4) is 0 Å². The molecule has 0 atom stereocenters. The first kappa shape index (κ1) is 13.0. The average Bonchev–Trinajstić information content (AvgIpc) is 2.15. The Morgan fingerprint density at radius 2 is 2.00 bits per heavy atom. The summed E-state index contributed by atoms with van der Waals surface area (Å²) < 4.78 is 0. The molecule has 0 aromatic heterocycles. The molecule has 0 aromatic carbocycles. The van der Waals surface area contributed by atoms with Crippen LogP contribution in [0.3, 0.4) is 0 Å². The van der Waals surface area contributed by atoms with Crippen LogP contribution in [0.5, 0.6) is 0 Å². The van der Waals surface area contributed by atoms with Gasteiger partial charge >= 0.3 is 0 Å². The first-order chi connectivity index (χ1) is 6.90. The maximum Gasteiger partial charge on any atom is 0.275 e. The highest BCUT2D eigenvalue weighted by Gasteiger charge is 2.10. The number of hydrogen-bond acceptors (Lipinski definition) is 3. The van der Waals surface area contributed by atoms with Gasteiger partial charge < -0.3 is 16.2 Å². The summed E-state index contributed by atoms with van der Waals surface area (Å²) in [5, 5.41) is 11.5. The minimum atomic E-state index is -0.564. The fraction of sp³-hybridized carbons (Fsp3) is 0.182. The summed E-state index contributed by atoms with van der Waals surface area (Å²) in [5.41, 5.74) is 6.31. The second kappa shape index (κ2) is 5.70. The monoisotopic (exact) mass is 208 g/mol. The SMILES string of the molecule is C=C/C=C(/NC(=O)/C(N)=C(/C)O)C(=C)C. The van der Waals surface area contributed by atoms with Crippen molar-refractivity contribution in [2.45, 2.75) is 13.8 Å². The lowest BCUT2D eigenvalue weighted by molar-refractivity contribution is -0.117. The van der Waals surface area contributed by atoms with E-state index in [4.69, 9.17) is 10.8 Å². The Morgan fingerprint density at radius 1 is 1.47 bits per heavy atom. The van der Waals surface area contributed by atoms with Crippen LogP contribution in [-0.4, -0.2) is 11.0 Å².